The molecule has 1 atom stereocenters. The number of hydrogen-bond acceptors (Lipinski definition) is 3. The molecule has 0 spiro atoms. The van der Waals surface area contributed by atoms with Gasteiger partial charge in [0.15, 0.2) is 0 Å². The number of nitrogens with one attached hydrogen (secondary N) is 2. The van der Waals surface area contributed by atoms with Crippen LogP contribution < -0.4 is 10.6 Å². The van der Waals surface area contributed by atoms with Gasteiger partial charge in [0, 0.05) is 30.5 Å². The Labute approximate surface area is 141 Å². The lowest BCUT2D eigenvalue weighted by molar-refractivity contribution is -0.119. The Morgan fingerprint density at radius 1 is 1.41 bits per heavy atom. The Bertz CT molecular complexity index is 593. The molecule has 0 bridgehead atoms. The van der Waals surface area contributed by atoms with E-state index in [-0.39, 0.29) is 36.6 Å². The van der Waals surface area contributed by atoms with Crippen LogP contribution in [0.15, 0.2) is 36.9 Å². The van der Waals surface area contributed by atoms with Gasteiger partial charge in [0.2, 0.25) is 5.91 Å². The molecule has 1 aromatic heterocycles. The fraction of sp³-hybridized carbons (Fsp3) is 0.286. The molecule has 0 aliphatic rings. The maximum atomic E-state index is 14.0. The highest BCUT2D eigenvalue weighted by molar-refractivity contribution is 5.92. The van der Waals surface area contributed by atoms with Gasteiger partial charge in [-0.05, 0) is 25.2 Å². The Balaban J connectivity index is 0.00000220. The first-order valence-corrected chi connectivity index (χ1v) is 6.35. The molecule has 0 radical (unpaired) electrons. The lowest BCUT2D eigenvalue weighted by atomic mass is 10.1. The van der Waals surface area contributed by atoms with Crippen molar-refractivity contribution in [1.82, 2.24) is 14.9 Å². The van der Waals surface area contributed by atoms with E-state index in [0.717, 1.165) is 0 Å². The molecule has 0 aliphatic heterocycles. The summed E-state index contributed by atoms with van der Waals surface area (Å²) >= 11 is 0. The van der Waals surface area contributed by atoms with Gasteiger partial charge in [0.1, 0.15) is 5.82 Å². The summed E-state index contributed by atoms with van der Waals surface area (Å²) in [5.74, 6) is -0.743. The van der Waals surface area contributed by atoms with Crippen molar-refractivity contribution in [3.63, 3.8) is 0 Å². The van der Waals surface area contributed by atoms with E-state index < -0.39 is 5.82 Å². The quantitative estimate of drug-likeness (QED) is 0.873. The zero-order valence-corrected chi connectivity index (χ0v) is 13.9. The molecule has 1 heterocycles. The van der Waals surface area contributed by atoms with Gasteiger partial charge in [0.25, 0.3) is 0 Å². The van der Waals surface area contributed by atoms with Crippen LogP contribution in [0, 0.1) is 11.7 Å². The molecule has 1 amide bonds. The smallest absolute Gasteiger partial charge is 0.228 e. The average Bonchev–Trinajstić information content (AvgIpc) is 2.93. The van der Waals surface area contributed by atoms with E-state index in [1.54, 1.807) is 36.1 Å². The van der Waals surface area contributed by atoms with E-state index in [4.69, 9.17) is 0 Å². The fourth-order valence-electron chi connectivity index (χ4n) is 1.86. The topological polar surface area (TPSA) is 59.0 Å². The number of amides is 1. The largest absolute Gasteiger partial charge is 0.326 e. The van der Waals surface area contributed by atoms with Crippen LogP contribution in [-0.4, -0.2) is 29.1 Å². The van der Waals surface area contributed by atoms with Crippen LogP contribution in [0.1, 0.15) is 6.92 Å². The van der Waals surface area contributed by atoms with Crippen molar-refractivity contribution in [2.24, 2.45) is 5.92 Å². The average molecular weight is 349 g/mol. The van der Waals surface area contributed by atoms with Gasteiger partial charge in [-0.3, -0.25) is 4.79 Å². The third-order valence-corrected chi connectivity index (χ3v) is 2.96. The number of carbonyl (C=O) groups is 1. The molecule has 2 N–H and O–H groups in total. The number of hydrogen-bond donors (Lipinski definition) is 2. The molecule has 1 aromatic carbocycles. The van der Waals surface area contributed by atoms with Crippen molar-refractivity contribution in [3.8, 4) is 5.69 Å². The number of imidazole rings is 1. The second-order valence-electron chi connectivity index (χ2n) is 4.58. The van der Waals surface area contributed by atoms with Crippen LogP contribution in [0.3, 0.4) is 0 Å². The second kappa shape index (κ2) is 9.40. The van der Waals surface area contributed by atoms with E-state index in [0.29, 0.717) is 17.9 Å². The molecule has 2 rings (SSSR count). The SMILES string of the molecule is CNCC(C)C(=O)Nc1ccc(-n2ccnc2)c(F)c1.Cl.Cl. The Morgan fingerprint density at radius 2 is 2.14 bits per heavy atom. The summed E-state index contributed by atoms with van der Waals surface area (Å²) in [4.78, 5) is 15.7. The van der Waals surface area contributed by atoms with E-state index in [9.17, 15) is 9.18 Å². The van der Waals surface area contributed by atoms with E-state index in [1.807, 2.05) is 6.92 Å². The van der Waals surface area contributed by atoms with Gasteiger partial charge in [-0.15, -0.1) is 24.8 Å². The predicted octanol–water partition coefficient (Wildman–Crippen LogP) is 2.65. The van der Waals surface area contributed by atoms with Crippen molar-refractivity contribution in [1.29, 1.82) is 0 Å². The summed E-state index contributed by atoms with van der Waals surface area (Å²) in [7, 11) is 1.78. The van der Waals surface area contributed by atoms with Crippen molar-refractivity contribution in [2.45, 2.75) is 6.92 Å². The normalized spacial score (nSPS) is 11.0. The molecule has 0 aliphatic carbocycles. The molecular formula is C14H19Cl2FN4O. The van der Waals surface area contributed by atoms with Crippen molar-refractivity contribution >= 4 is 36.4 Å². The van der Waals surface area contributed by atoms with Crippen molar-refractivity contribution < 1.29 is 9.18 Å². The maximum absolute atomic E-state index is 14.0. The molecule has 122 valence electrons. The minimum Gasteiger partial charge on any atom is -0.326 e. The Kier molecular flexibility index (Phi) is 8.70. The lowest BCUT2D eigenvalue weighted by Crippen LogP contribution is -2.28. The number of aromatic nitrogens is 2. The molecule has 22 heavy (non-hydrogen) atoms. The first-order valence-electron chi connectivity index (χ1n) is 6.35. The van der Waals surface area contributed by atoms with Crippen molar-refractivity contribution in [2.75, 3.05) is 18.9 Å². The number of halogens is 3. The highest BCUT2D eigenvalue weighted by Gasteiger charge is 2.13. The summed E-state index contributed by atoms with van der Waals surface area (Å²) in [5.41, 5.74) is 0.836. The molecule has 0 saturated heterocycles. The van der Waals surface area contributed by atoms with Gasteiger partial charge in [-0.2, -0.15) is 0 Å². The van der Waals surface area contributed by atoms with Crippen LogP contribution in [-0.2, 0) is 4.79 Å². The monoisotopic (exact) mass is 348 g/mol. The lowest BCUT2D eigenvalue weighted by Gasteiger charge is -2.12. The van der Waals surface area contributed by atoms with Crippen LogP contribution in [0.4, 0.5) is 10.1 Å². The second-order valence-corrected chi connectivity index (χ2v) is 4.58. The highest BCUT2D eigenvalue weighted by Crippen LogP contribution is 2.18. The molecular weight excluding hydrogens is 330 g/mol. The zero-order chi connectivity index (χ0) is 14.5. The fourth-order valence-corrected chi connectivity index (χ4v) is 1.86. The first kappa shape index (κ1) is 20.4. The zero-order valence-electron chi connectivity index (χ0n) is 12.2. The molecule has 5 nitrogen and oxygen atoms in total. The molecule has 2 aromatic rings. The van der Waals surface area contributed by atoms with Crippen LogP contribution in [0.5, 0.6) is 0 Å². The molecule has 8 heteroatoms. The van der Waals surface area contributed by atoms with Crippen LogP contribution in [0.2, 0.25) is 0 Å². The maximum Gasteiger partial charge on any atom is 0.228 e. The van der Waals surface area contributed by atoms with Gasteiger partial charge >= 0.3 is 0 Å². The van der Waals surface area contributed by atoms with E-state index >= 15 is 0 Å². The number of rotatable bonds is 5. The molecule has 1 unspecified atom stereocenters. The molecule has 0 saturated carbocycles. The number of benzene rings is 1. The summed E-state index contributed by atoms with van der Waals surface area (Å²) in [6.07, 6.45) is 4.76. The van der Waals surface area contributed by atoms with Gasteiger partial charge in [-0.25, -0.2) is 9.37 Å². The van der Waals surface area contributed by atoms with E-state index in [2.05, 4.69) is 15.6 Å². The highest BCUT2D eigenvalue weighted by atomic mass is 35.5. The number of carbonyl (C=O) groups excluding carboxylic acids is 1. The predicted molar refractivity (Wildman–Crippen MR) is 89.7 cm³/mol. The summed E-state index contributed by atoms with van der Waals surface area (Å²) in [5, 5.41) is 5.62. The standard InChI is InChI=1S/C14H17FN4O.2ClH/c1-10(8-16-2)14(20)18-11-3-4-13(12(15)7-11)19-6-5-17-9-19;;/h3-7,9-10,16H,8H2,1-2H3,(H,18,20);2*1H. The summed E-state index contributed by atoms with van der Waals surface area (Å²) < 4.78 is 15.6. The van der Waals surface area contributed by atoms with Crippen LogP contribution in [0.25, 0.3) is 5.69 Å². The Hall–Kier alpha value is -1.63. The molecule has 0 fully saturated rings. The third kappa shape index (κ3) is 4.98. The summed E-state index contributed by atoms with van der Waals surface area (Å²) in [6, 6.07) is 4.58. The minimum atomic E-state index is -0.415. The first-order chi connectivity index (χ1) is 9.61. The van der Waals surface area contributed by atoms with E-state index in [1.165, 1.54) is 12.4 Å². The van der Waals surface area contributed by atoms with Gasteiger partial charge in [-0.1, -0.05) is 6.92 Å². The number of anilines is 1. The van der Waals surface area contributed by atoms with Gasteiger partial charge < -0.3 is 15.2 Å². The van der Waals surface area contributed by atoms with Gasteiger partial charge in [0.05, 0.1) is 12.0 Å². The minimum absolute atomic E-state index is 0. The van der Waals surface area contributed by atoms with Crippen LogP contribution >= 0.6 is 24.8 Å². The third-order valence-electron chi connectivity index (χ3n) is 2.96. The number of nitrogens with zero attached hydrogens (tertiary/aromatic N) is 2. The Morgan fingerprint density at radius 3 is 2.68 bits per heavy atom. The summed E-state index contributed by atoms with van der Waals surface area (Å²) in [6.45, 7) is 2.38. The van der Waals surface area contributed by atoms with Crippen molar-refractivity contribution in [3.05, 3.63) is 42.7 Å².